The zero-order chi connectivity index (χ0) is 12.4. The lowest BCUT2D eigenvalue weighted by atomic mass is 9.97. The van der Waals surface area contributed by atoms with Gasteiger partial charge in [0.1, 0.15) is 0 Å². The van der Waals surface area contributed by atoms with Gasteiger partial charge in [-0.1, -0.05) is 13.0 Å². The van der Waals surface area contributed by atoms with Gasteiger partial charge in [0.25, 0.3) is 0 Å². The summed E-state index contributed by atoms with van der Waals surface area (Å²) in [5.74, 6) is -1.70. The molecule has 90 valence electrons. The second kappa shape index (κ2) is 4.45. The molecule has 0 amide bonds. The van der Waals surface area contributed by atoms with E-state index < -0.39 is 17.6 Å². The van der Waals surface area contributed by atoms with Gasteiger partial charge in [-0.25, -0.2) is 4.79 Å². The molecule has 2 aromatic rings. The Bertz CT molecular complexity index is 596. The molecule has 0 aliphatic heterocycles. The Labute approximate surface area is 97.1 Å². The van der Waals surface area contributed by atoms with Crippen LogP contribution in [0.3, 0.4) is 0 Å². The number of H-pyrrole nitrogens is 1. The first kappa shape index (κ1) is 11.4. The number of benzene rings is 1. The van der Waals surface area contributed by atoms with E-state index in [1.807, 2.05) is 6.92 Å². The Morgan fingerprint density at radius 1 is 1.53 bits per heavy atom. The highest BCUT2D eigenvalue weighted by Gasteiger charge is 2.16. The highest BCUT2D eigenvalue weighted by atomic mass is 16.4. The number of fused-ring (bicyclic) bond motifs is 1. The lowest BCUT2D eigenvalue weighted by molar-refractivity contribution is -0.141. The monoisotopic (exact) mass is 235 g/mol. The maximum absolute atomic E-state index is 11.0. The number of oxazole rings is 1. The Hall–Kier alpha value is -2.04. The van der Waals surface area contributed by atoms with E-state index in [1.54, 1.807) is 18.2 Å². The standard InChI is InChI=1S/C12H13NO4/c1-2-8(11(14)15)5-7-3-4-9-10(6-7)17-12(16)13-9/h3-4,6,8H,2,5H2,1H3,(H,13,16)(H,14,15). The van der Waals surface area contributed by atoms with E-state index in [4.69, 9.17) is 9.52 Å². The van der Waals surface area contributed by atoms with Gasteiger partial charge in [0.2, 0.25) is 0 Å². The number of hydrogen-bond donors (Lipinski definition) is 2. The molecular formula is C12H13NO4. The topological polar surface area (TPSA) is 83.3 Å². The number of hydrogen-bond acceptors (Lipinski definition) is 3. The fourth-order valence-electron chi connectivity index (χ4n) is 1.81. The zero-order valence-electron chi connectivity index (χ0n) is 9.40. The summed E-state index contributed by atoms with van der Waals surface area (Å²) in [6.45, 7) is 1.84. The molecule has 1 unspecified atom stereocenters. The maximum Gasteiger partial charge on any atom is 0.417 e. The fourth-order valence-corrected chi connectivity index (χ4v) is 1.81. The van der Waals surface area contributed by atoms with Crippen LogP contribution >= 0.6 is 0 Å². The molecular weight excluding hydrogens is 222 g/mol. The molecule has 1 aromatic heterocycles. The zero-order valence-corrected chi connectivity index (χ0v) is 9.40. The van der Waals surface area contributed by atoms with Crippen LogP contribution in [-0.4, -0.2) is 16.1 Å². The van der Waals surface area contributed by atoms with Crippen LogP contribution in [-0.2, 0) is 11.2 Å². The Morgan fingerprint density at radius 3 is 2.94 bits per heavy atom. The van der Waals surface area contributed by atoms with E-state index in [0.29, 0.717) is 23.9 Å². The number of carboxylic acid groups (broad SMARTS) is 1. The van der Waals surface area contributed by atoms with Crippen molar-refractivity contribution >= 4 is 17.1 Å². The summed E-state index contributed by atoms with van der Waals surface area (Å²) in [4.78, 5) is 24.4. The lowest BCUT2D eigenvalue weighted by Gasteiger charge is -2.08. The van der Waals surface area contributed by atoms with Gasteiger partial charge in [-0.15, -0.1) is 0 Å². The minimum absolute atomic E-state index is 0.405. The van der Waals surface area contributed by atoms with E-state index in [0.717, 1.165) is 5.56 Å². The molecule has 0 bridgehead atoms. The second-order valence-corrected chi connectivity index (χ2v) is 3.99. The largest absolute Gasteiger partial charge is 0.481 e. The third kappa shape index (κ3) is 2.38. The third-order valence-corrected chi connectivity index (χ3v) is 2.81. The molecule has 17 heavy (non-hydrogen) atoms. The van der Waals surface area contributed by atoms with E-state index in [9.17, 15) is 9.59 Å². The lowest BCUT2D eigenvalue weighted by Crippen LogP contribution is -2.15. The first-order chi connectivity index (χ1) is 8.10. The van der Waals surface area contributed by atoms with Crippen molar-refractivity contribution in [1.82, 2.24) is 4.98 Å². The summed E-state index contributed by atoms with van der Waals surface area (Å²) in [7, 11) is 0. The molecule has 5 nitrogen and oxygen atoms in total. The van der Waals surface area contributed by atoms with Crippen molar-refractivity contribution in [2.24, 2.45) is 5.92 Å². The summed E-state index contributed by atoms with van der Waals surface area (Å²) in [6.07, 6.45) is 1.01. The molecule has 0 saturated carbocycles. The molecule has 2 rings (SSSR count). The van der Waals surface area contributed by atoms with Crippen molar-refractivity contribution < 1.29 is 14.3 Å². The predicted octanol–water partition coefficient (Wildman–Crippen LogP) is 1.77. The van der Waals surface area contributed by atoms with E-state index in [1.165, 1.54) is 0 Å². The molecule has 0 fully saturated rings. The summed E-state index contributed by atoms with van der Waals surface area (Å²) in [5.41, 5.74) is 1.95. The van der Waals surface area contributed by atoms with Crippen LogP contribution in [0.5, 0.6) is 0 Å². The van der Waals surface area contributed by atoms with Crippen LogP contribution in [0.4, 0.5) is 0 Å². The van der Waals surface area contributed by atoms with Crippen LogP contribution in [0.15, 0.2) is 27.4 Å². The van der Waals surface area contributed by atoms with E-state index in [-0.39, 0.29) is 0 Å². The quantitative estimate of drug-likeness (QED) is 0.846. The maximum atomic E-state index is 11.0. The molecule has 1 atom stereocenters. The van der Waals surface area contributed by atoms with E-state index >= 15 is 0 Å². The third-order valence-electron chi connectivity index (χ3n) is 2.81. The van der Waals surface area contributed by atoms with Crippen molar-refractivity contribution in [1.29, 1.82) is 0 Å². The van der Waals surface area contributed by atoms with Gasteiger partial charge >= 0.3 is 11.7 Å². The molecule has 1 aromatic carbocycles. The van der Waals surface area contributed by atoms with Crippen LogP contribution in [0.25, 0.3) is 11.1 Å². The van der Waals surface area contributed by atoms with Gasteiger partial charge in [0, 0.05) is 0 Å². The normalized spacial score (nSPS) is 12.8. The SMILES string of the molecule is CCC(Cc1ccc2[nH]c(=O)oc2c1)C(=O)O. The van der Waals surface area contributed by atoms with E-state index in [2.05, 4.69) is 4.98 Å². The average Bonchev–Trinajstić information content (AvgIpc) is 2.64. The molecule has 0 saturated heterocycles. The Morgan fingerprint density at radius 2 is 2.29 bits per heavy atom. The van der Waals surface area contributed by atoms with Gasteiger partial charge in [-0.2, -0.15) is 0 Å². The summed E-state index contributed by atoms with van der Waals surface area (Å²) < 4.78 is 4.93. The molecule has 2 N–H and O–H groups in total. The molecule has 0 aliphatic rings. The minimum atomic E-state index is -0.803. The number of rotatable bonds is 4. The number of carbonyl (C=O) groups is 1. The first-order valence-electron chi connectivity index (χ1n) is 5.44. The summed E-state index contributed by atoms with van der Waals surface area (Å²) in [5, 5.41) is 8.97. The summed E-state index contributed by atoms with van der Waals surface area (Å²) in [6, 6.07) is 5.24. The van der Waals surface area contributed by atoms with Crippen LogP contribution in [0, 0.1) is 5.92 Å². The fraction of sp³-hybridized carbons (Fsp3) is 0.333. The highest BCUT2D eigenvalue weighted by Crippen LogP contribution is 2.17. The van der Waals surface area contributed by atoms with Gasteiger partial charge < -0.3 is 9.52 Å². The van der Waals surface area contributed by atoms with Crippen molar-refractivity contribution in [3.8, 4) is 0 Å². The minimum Gasteiger partial charge on any atom is -0.481 e. The van der Waals surface area contributed by atoms with Crippen LogP contribution < -0.4 is 5.76 Å². The number of aromatic amines is 1. The average molecular weight is 235 g/mol. The van der Waals surface area contributed by atoms with Crippen LogP contribution in [0.2, 0.25) is 0 Å². The van der Waals surface area contributed by atoms with Crippen molar-refractivity contribution in [3.63, 3.8) is 0 Å². The van der Waals surface area contributed by atoms with Crippen molar-refractivity contribution in [3.05, 3.63) is 34.3 Å². The molecule has 0 radical (unpaired) electrons. The number of aliphatic carboxylic acids is 1. The van der Waals surface area contributed by atoms with Gasteiger partial charge in [0.15, 0.2) is 5.58 Å². The predicted molar refractivity (Wildman–Crippen MR) is 62.0 cm³/mol. The highest BCUT2D eigenvalue weighted by molar-refractivity contribution is 5.74. The number of carboxylic acids is 1. The molecule has 1 heterocycles. The molecule has 0 aliphatic carbocycles. The number of aromatic nitrogens is 1. The van der Waals surface area contributed by atoms with Gasteiger partial charge in [-0.05, 0) is 30.5 Å². The first-order valence-corrected chi connectivity index (χ1v) is 5.44. The van der Waals surface area contributed by atoms with Gasteiger partial charge in [-0.3, -0.25) is 9.78 Å². The van der Waals surface area contributed by atoms with Gasteiger partial charge in [0.05, 0.1) is 11.4 Å². The number of nitrogens with one attached hydrogen (secondary N) is 1. The van der Waals surface area contributed by atoms with Crippen molar-refractivity contribution in [2.75, 3.05) is 0 Å². The van der Waals surface area contributed by atoms with Crippen molar-refractivity contribution in [2.45, 2.75) is 19.8 Å². The second-order valence-electron chi connectivity index (χ2n) is 3.99. The van der Waals surface area contributed by atoms with Crippen LogP contribution in [0.1, 0.15) is 18.9 Å². The Kier molecular flexibility index (Phi) is 2.99. The summed E-state index contributed by atoms with van der Waals surface area (Å²) >= 11 is 0. The Balaban J connectivity index is 2.29. The smallest absolute Gasteiger partial charge is 0.417 e. The molecule has 5 heteroatoms. The molecule has 0 spiro atoms.